The van der Waals surface area contributed by atoms with Crippen molar-refractivity contribution in [2.75, 3.05) is 0 Å². The SMILES string of the molecule is O=C1C=C(O)C[C@](c2ccc(Br)cc2)(c2ccsc2)N1. The first-order chi connectivity index (χ1) is 9.60. The summed E-state index contributed by atoms with van der Waals surface area (Å²) in [7, 11) is 0. The summed E-state index contributed by atoms with van der Waals surface area (Å²) < 4.78 is 0.976. The van der Waals surface area contributed by atoms with Crippen LogP contribution >= 0.6 is 27.3 Å². The molecule has 0 radical (unpaired) electrons. The monoisotopic (exact) mass is 349 g/mol. The Labute approximate surface area is 129 Å². The molecule has 1 aromatic carbocycles. The maximum absolute atomic E-state index is 11.9. The number of benzene rings is 1. The lowest BCUT2D eigenvalue weighted by Crippen LogP contribution is -2.48. The second-order valence-corrected chi connectivity index (χ2v) is 6.42. The lowest BCUT2D eigenvalue weighted by molar-refractivity contribution is -0.119. The van der Waals surface area contributed by atoms with Gasteiger partial charge in [0.15, 0.2) is 0 Å². The van der Waals surface area contributed by atoms with Gasteiger partial charge in [-0.25, -0.2) is 0 Å². The molecular formula is C15H12BrNO2S. The molecule has 1 amide bonds. The Morgan fingerprint density at radius 1 is 1.20 bits per heavy atom. The van der Waals surface area contributed by atoms with Crippen LogP contribution in [-0.2, 0) is 10.3 Å². The predicted octanol–water partition coefficient (Wildman–Crippen LogP) is 3.72. The van der Waals surface area contributed by atoms with Crippen molar-refractivity contribution in [1.29, 1.82) is 0 Å². The van der Waals surface area contributed by atoms with Crippen LogP contribution < -0.4 is 5.32 Å². The normalized spacial score (nSPS) is 22.2. The molecule has 0 saturated carbocycles. The summed E-state index contributed by atoms with van der Waals surface area (Å²) in [5.41, 5.74) is 1.24. The van der Waals surface area contributed by atoms with Gasteiger partial charge in [0.25, 0.3) is 0 Å². The lowest BCUT2D eigenvalue weighted by atomic mass is 9.79. The van der Waals surface area contributed by atoms with E-state index in [2.05, 4.69) is 21.2 Å². The van der Waals surface area contributed by atoms with E-state index in [1.165, 1.54) is 6.08 Å². The van der Waals surface area contributed by atoms with Crippen molar-refractivity contribution in [3.05, 3.63) is 68.5 Å². The number of hydrogen-bond acceptors (Lipinski definition) is 3. The minimum Gasteiger partial charge on any atom is -0.512 e. The van der Waals surface area contributed by atoms with Gasteiger partial charge >= 0.3 is 0 Å². The Morgan fingerprint density at radius 3 is 2.55 bits per heavy atom. The van der Waals surface area contributed by atoms with E-state index in [4.69, 9.17) is 0 Å². The Morgan fingerprint density at radius 2 is 1.95 bits per heavy atom. The number of halogens is 1. The molecule has 0 spiro atoms. The summed E-state index contributed by atoms with van der Waals surface area (Å²) in [6, 6.07) is 9.77. The zero-order valence-corrected chi connectivity index (χ0v) is 12.9. The van der Waals surface area contributed by atoms with E-state index in [-0.39, 0.29) is 11.7 Å². The van der Waals surface area contributed by atoms with Crippen molar-refractivity contribution in [3.8, 4) is 0 Å². The fourth-order valence-corrected chi connectivity index (χ4v) is 3.52. The van der Waals surface area contributed by atoms with Crippen LogP contribution in [0.5, 0.6) is 0 Å². The van der Waals surface area contributed by atoms with E-state index in [0.29, 0.717) is 6.42 Å². The minimum absolute atomic E-state index is 0.0999. The molecule has 1 aliphatic rings. The molecule has 3 nitrogen and oxygen atoms in total. The van der Waals surface area contributed by atoms with Gasteiger partial charge in [-0.15, -0.1) is 0 Å². The second-order valence-electron chi connectivity index (χ2n) is 4.73. The summed E-state index contributed by atoms with van der Waals surface area (Å²) in [5, 5.41) is 16.9. The number of hydrogen-bond donors (Lipinski definition) is 2. The predicted molar refractivity (Wildman–Crippen MR) is 82.7 cm³/mol. The van der Waals surface area contributed by atoms with Crippen molar-refractivity contribution in [2.45, 2.75) is 12.0 Å². The Bertz CT molecular complexity index is 664. The standard InChI is InChI=1S/C15H12BrNO2S/c16-12-3-1-10(2-4-12)15(11-5-6-20-9-11)8-13(18)7-14(19)17-15/h1-7,9,18H,8H2,(H,17,19)/t15-/m0/s1. The van der Waals surface area contributed by atoms with Crippen molar-refractivity contribution in [2.24, 2.45) is 0 Å². The highest BCUT2D eigenvalue weighted by molar-refractivity contribution is 9.10. The van der Waals surface area contributed by atoms with E-state index in [9.17, 15) is 9.90 Å². The number of rotatable bonds is 2. The van der Waals surface area contributed by atoms with Gasteiger partial charge in [0.2, 0.25) is 5.91 Å². The third-order valence-electron chi connectivity index (χ3n) is 3.43. The van der Waals surface area contributed by atoms with Gasteiger partial charge in [-0.1, -0.05) is 28.1 Å². The Kier molecular flexibility index (Phi) is 3.40. The van der Waals surface area contributed by atoms with Crippen LogP contribution in [0.2, 0.25) is 0 Å². The third-order valence-corrected chi connectivity index (χ3v) is 4.64. The molecule has 0 fully saturated rings. The molecule has 0 saturated heterocycles. The second kappa shape index (κ2) is 5.07. The van der Waals surface area contributed by atoms with E-state index in [0.717, 1.165) is 15.6 Å². The summed E-state index contributed by atoms with van der Waals surface area (Å²) >= 11 is 4.98. The summed E-state index contributed by atoms with van der Waals surface area (Å²) in [5.74, 6) is -0.175. The molecule has 0 bridgehead atoms. The van der Waals surface area contributed by atoms with Crippen LogP contribution in [-0.4, -0.2) is 11.0 Å². The number of carbonyl (C=O) groups is 1. The first-order valence-electron chi connectivity index (χ1n) is 6.10. The third kappa shape index (κ3) is 2.27. The van der Waals surface area contributed by atoms with Gasteiger partial charge < -0.3 is 10.4 Å². The molecule has 0 aliphatic carbocycles. The van der Waals surface area contributed by atoms with Crippen LogP contribution in [0.15, 0.2) is 57.4 Å². The summed E-state index contributed by atoms with van der Waals surface area (Å²) in [6.07, 6.45) is 1.60. The number of aliphatic hydroxyl groups is 1. The van der Waals surface area contributed by atoms with E-state index in [1.54, 1.807) is 11.3 Å². The first-order valence-corrected chi connectivity index (χ1v) is 7.84. The summed E-state index contributed by atoms with van der Waals surface area (Å²) in [6.45, 7) is 0. The molecule has 2 heterocycles. The smallest absolute Gasteiger partial charge is 0.248 e. The highest BCUT2D eigenvalue weighted by Gasteiger charge is 2.39. The molecule has 1 aliphatic heterocycles. The van der Waals surface area contributed by atoms with Crippen LogP contribution in [0.3, 0.4) is 0 Å². The number of nitrogens with one attached hydrogen (secondary N) is 1. The lowest BCUT2D eigenvalue weighted by Gasteiger charge is -2.37. The number of carbonyl (C=O) groups excluding carboxylic acids is 1. The quantitative estimate of drug-likeness (QED) is 0.867. The molecule has 2 N–H and O–H groups in total. The zero-order valence-electron chi connectivity index (χ0n) is 10.5. The Balaban J connectivity index is 2.16. The van der Waals surface area contributed by atoms with Gasteiger partial charge in [-0.3, -0.25) is 4.79 Å². The minimum atomic E-state index is -0.698. The van der Waals surface area contributed by atoms with E-state index >= 15 is 0 Å². The van der Waals surface area contributed by atoms with Gasteiger partial charge in [0.1, 0.15) is 5.76 Å². The van der Waals surface area contributed by atoms with Gasteiger partial charge in [0.05, 0.1) is 5.54 Å². The van der Waals surface area contributed by atoms with E-state index < -0.39 is 5.54 Å². The van der Waals surface area contributed by atoms with Gasteiger partial charge in [-0.05, 0) is 40.1 Å². The van der Waals surface area contributed by atoms with Crippen molar-refractivity contribution in [1.82, 2.24) is 5.32 Å². The van der Waals surface area contributed by atoms with Crippen molar-refractivity contribution < 1.29 is 9.90 Å². The molecule has 3 rings (SSSR count). The zero-order chi connectivity index (χ0) is 14.2. The maximum atomic E-state index is 11.9. The fraction of sp³-hybridized carbons (Fsp3) is 0.133. The van der Waals surface area contributed by atoms with E-state index in [1.807, 2.05) is 41.1 Å². The number of aliphatic hydroxyl groups excluding tert-OH is 1. The van der Waals surface area contributed by atoms with Crippen molar-refractivity contribution >= 4 is 33.2 Å². The van der Waals surface area contributed by atoms with Crippen LogP contribution in [0, 0.1) is 0 Å². The molecule has 20 heavy (non-hydrogen) atoms. The molecule has 1 aromatic heterocycles. The highest BCUT2D eigenvalue weighted by atomic mass is 79.9. The molecule has 102 valence electrons. The van der Waals surface area contributed by atoms with Crippen LogP contribution in [0.1, 0.15) is 17.5 Å². The van der Waals surface area contributed by atoms with Gasteiger partial charge in [-0.2, -0.15) is 11.3 Å². The molecular weight excluding hydrogens is 338 g/mol. The number of amides is 1. The maximum Gasteiger partial charge on any atom is 0.248 e. The van der Waals surface area contributed by atoms with Crippen molar-refractivity contribution in [3.63, 3.8) is 0 Å². The molecule has 1 atom stereocenters. The van der Waals surface area contributed by atoms with Gasteiger partial charge in [0, 0.05) is 17.0 Å². The molecule has 2 aromatic rings. The largest absolute Gasteiger partial charge is 0.512 e. The Hall–Kier alpha value is -1.59. The van der Waals surface area contributed by atoms with Crippen LogP contribution in [0.25, 0.3) is 0 Å². The fourth-order valence-electron chi connectivity index (χ4n) is 2.52. The first kappa shape index (κ1) is 13.4. The average molecular weight is 350 g/mol. The van der Waals surface area contributed by atoms with Crippen LogP contribution in [0.4, 0.5) is 0 Å². The molecule has 5 heteroatoms. The average Bonchev–Trinajstić information content (AvgIpc) is 2.92. The highest BCUT2D eigenvalue weighted by Crippen LogP contribution is 2.38. The topological polar surface area (TPSA) is 49.3 Å². The number of thiophene rings is 1. The summed E-state index contributed by atoms with van der Waals surface area (Å²) in [4.78, 5) is 11.9. The molecule has 0 unspecified atom stereocenters.